The number of alkyl halides is 1. The van der Waals surface area contributed by atoms with Crippen molar-refractivity contribution in [2.75, 3.05) is 7.11 Å². The molecule has 0 aromatic heterocycles. The Balaban J connectivity index is 3.31. The molecular formula is C11H9ClN2O4. The number of nitro benzene ring substituents is 1. The third-order valence-electron chi connectivity index (χ3n) is 2.33. The van der Waals surface area contributed by atoms with E-state index in [1.165, 1.54) is 13.2 Å². The summed E-state index contributed by atoms with van der Waals surface area (Å²) in [5.74, 6) is -0.600. The van der Waals surface area contributed by atoms with E-state index in [0.717, 1.165) is 6.07 Å². The highest BCUT2D eigenvalue weighted by Crippen LogP contribution is 2.25. The van der Waals surface area contributed by atoms with E-state index < -0.39 is 10.9 Å². The number of carbonyl (C=O) groups is 1. The largest absolute Gasteiger partial charge is 0.469 e. The van der Waals surface area contributed by atoms with Gasteiger partial charge in [-0.15, -0.1) is 11.6 Å². The Morgan fingerprint density at radius 1 is 1.56 bits per heavy atom. The lowest BCUT2D eigenvalue weighted by atomic mass is 10.0. The van der Waals surface area contributed by atoms with Crippen LogP contribution in [0.3, 0.4) is 0 Å². The van der Waals surface area contributed by atoms with E-state index in [9.17, 15) is 14.9 Å². The fraction of sp³-hybridized carbons (Fsp3) is 0.273. The van der Waals surface area contributed by atoms with E-state index >= 15 is 0 Å². The zero-order chi connectivity index (χ0) is 13.7. The summed E-state index contributed by atoms with van der Waals surface area (Å²) in [4.78, 5) is 21.3. The van der Waals surface area contributed by atoms with E-state index in [2.05, 4.69) is 4.74 Å². The summed E-state index contributed by atoms with van der Waals surface area (Å²) < 4.78 is 4.49. The molecule has 0 heterocycles. The first-order valence-corrected chi connectivity index (χ1v) is 5.40. The Morgan fingerprint density at radius 2 is 2.22 bits per heavy atom. The molecule has 94 valence electrons. The summed E-state index contributed by atoms with van der Waals surface area (Å²) >= 11 is 5.61. The fourth-order valence-electron chi connectivity index (χ4n) is 1.44. The van der Waals surface area contributed by atoms with Crippen molar-refractivity contribution in [3.63, 3.8) is 0 Å². The average molecular weight is 269 g/mol. The van der Waals surface area contributed by atoms with Crippen LogP contribution in [-0.4, -0.2) is 18.0 Å². The number of methoxy groups -OCH3 is 1. The van der Waals surface area contributed by atoms with E-state index in [-0.39, 0.29) is 29.1 Å². The first kappa shape index (κ1) is 13.9. The van der Waals surface area contributed by atoms with Gasteiger partial charge in [0, 0.05) is 11.6 Å². The second kappa shape index (κ2) is 5.98. The van der Waals surface area contributed by atoms with Crippen molar-refractivity contribution in [1.82, 2.24) is 0 Å². The van der Waals surface area contributed by atoms with Crippen molar-refractivity contribution in [1.29, 1.82) is 5.26 Å². The smallest absolute Gasteiger partial charge is 0.310 e. The predicted octanol–water partition coefficient (Wildman–Crippen LogP) is 1.92. The molecule has 0 aliphatic heterocycles. The van der Waals surface area contributed by atoms with Crippen LogP contribution in [0, 0.1) is 21.4 Å². The number of rotatable bonds is 4. The standard InChI is InChI=1S/C11H9ClN2O4/c1-18-11(15)4-7-2-8(5-12)10(14(16)17)3-9(7)6-13/h2-3H,4-5H2,1H3. The van der Waals surface area contributed by atoms with Gasteiger partial charge in [0.05, 0.1) is 36.0 Å². The fourth-order valence-corrected chi connectivity index (χ4v) is 1.65. The number of esters is 1. The van der Waals surface area contributed by atoms with Crippen LogP contribution in [0.1, 0.15) is 16.7 Å². The Kier molecular flexibility index (Phi) is 4.63. The number of nitriles is 1. The minimum atomic E-state index is -0.611. The summed E-state index contributed by atoms with van der Waals surface area (Å²) in [6.45, 7) is 0. The molecule has 0 spiro atoms. The normalized spacial score (nSPS) is 9.61. The van der Waals surface area contributed by atoms with Crippen molar-refractivity contribution in [3.8, 4) is 6.07 Å². The maximum Gasteiger partial charge on any atom is 0.310 e. The molecule has 1 aromatic carbocycles. The molecular weight excluding hydrogens is 260 g/mol. The van der Waals surface area contributed by atoms with Crippen LogP contribution in [-0.2, 0) is 21.8 Å². The number of ether oxygens (including phenoxy) is 1. The van der Waals surface area contributed by atoms with Crippen molar-refractivity contribution in [2.24, 2.45) is 0 Å². The average Bonchev–Trinajstić information content (AvgIpc) is 2.37. The molecule has 0 saturated carbocycles. The topological polar surface area (TPSA) is 93.2 Å². The third kappa shape index (κ3) is 2.96. The number of nitrogens with zero attached hydrogens (tertiary/aromatic N) is 2. The van der Waals surface area contributed by atoms with Crippen LogP contribution in [0.5, 0.6) is 0 Å². The number of benzene rings is 1. The van der Waals surface area contributed by atoms with Gasteiger partial charge in [0.1, 0.15) is 0 Å². The molecule has 18 heavy (non-hydrogen) atoms. The van der Waals surface area contributed by atoms with Crippen LogP contribution in [0.15, 0.2) is 12.1 Å². The second-order valence-electron chi connectivity index (χ2n) is 3.39. The van der Waals surface area contributed by atoms with Crippen LogP contribution in [0.2, 0.25) is 0 Å². The molecule has 0 amide bonds. The maximum atomic E-state index is 11.2. The lowest BCUT2D eigenvalue weighted by Gasteiger charge is -2.06. The highest BCUT2D eigenvalue weighted by Gasteiger charge is 2.19. The summed E-state index contributed by atoms with van der Waals surface area (Å²) in [6, 6.07) is 4.33. The number of hydrogen-bond donors (Lipinski definition) is 0. The predicted molar refractivity (Wildman–Crippen MR) is 63.1 cm³/mol. The van der Waals surface area contributed by atoms with Gasteiger partial charge >= 0.3 is 5.97 Å². The van der Waals surface area contributed by atoms with Crippen LogP contribution >= 0.6 is 11.6 Å². The summed E-state index contributed by atoms with van der Waals surface area (Å²) in [5, 5.41) is 19.7. The van der Waals surface area contributed by atoms with Crippen molar-refractivity contribution in [2.45, 2.75) is 12.3 Å². The minimum Gasteiger partial charge on any atom is -0.469 e. The van der Waals surface area contributed by atoms with E-state index in [4.69, 9.17) is 16.9 Å². The van der Waals surface area contributed by atoms with E-state index in [0.29, 0.717) is 5.56 Å². The molecule has 7 heteroatoms. The van der Waals surface area contributed by atoms with E-state index in [1.807, 2.05) is 6.07 Å². The van der Waals surface area contributed by atoms with Crippen LogP contribution in [0.4, 0.5) is 5.69 Å². The second-order valence-corrected chi connectivity index (χ2v) is 3.66. The van der Waals surface area contributed by atoms with Crippen molar-refractivity contribution in [3.05, 3.63) is 38.9 Å². The number of nitro groups is 1. The van der Waals surface area contributed by atoms with Crippen molar-refractivity contribution >= 4 is 23.3 Å². The van der Waals surface area contributed by atoms with Gasteiger partial charge in [0.15, 0.2) is 0 Å². The molecule has 0 saturated heterocycles. The number of carbonyl (C=O) groups excluding carboxylic acids is 1. The molecule has 0 radical (unpaired) electrons. The van der Waals surface area contributed by atoms with Gasteiger partial charge in [-0.2, -0.15) is 5.26 Å². The van der Waals surface area contributed by atoms with Crippen LogP contribution < -0.4 is 0 Å². The number of halogens is 1. The molecule has 0 aliphatic rings. The molecule has 0 unspecified atom stereocenters. The van der Waals surface area contributed by atoms with Crippen LogP contribution in [0.25, 0.3) is 0 Å². The van der Waals surface area contributed by atoms with Gasteiger partial charge in [0.25, 0.3) is 5.69 Å². The third-order valence-corrected chi connectivity index (χ3v) is 2.62. The summed E-state index contributed by atoms with van der Waals surface area (Å²) in [6.07, 6.45) is -0.124. The molecule has 0 bridgehead atoms. The van der Waals surface area contributed by atoms with Gasteiger partial charge in [-0.05, 0) is 11.6 Å². The summed E-state index contributed by atoms with van der Waals surface area (Å²) in [5.41, 5.74) is 0.473. The Labute approximate surface area is 108 Å². The Morgan fingerprint density at radius 3 is 2.67 bits per heavy atom. The number of hydrogen-bond acceptors (Lipinski definition) is 5. The Bertz CT molecular complexity index is 537. The summed E-state index contributed by atoms with van der Waals surface area (Å²) in [7, 11) is 1.22. The maximum absolute atomic E-state index is 11.2. The van der Waals surface area contributed by atoms with Gasteiger partial charge in [-0.3, -0.25) is 14.9 Å². The molecule has 1 aromatic rings. The first-order chi connectivity index (χ1) is 8.53. The lowest BCUT2D eigenvalue weighted by molar-refractivity contribution is -0.385. The zero-order valence-electron chi connectivity index (χ0n) is 9.47. The molecule has 6 nitrogen and oxygen atoms in total. The van der Waals surface area contributed by atoms with Gasteiger partial charge in [0.2, 0.25) is 0 Å². The molecule has 0 fully saturated rings. The lowest BCUT2D eigenvalue weighted by Crippen LogP contribution is -2.07. The van der Waals surface area contributed by atoms with E-state index in [1.54, 1.807) is 0 Å². The highest BCUT2D eigenvalue weighted by molar-refractivity contribution is 6.17. The molecule has 0 aliphatic carbocycles. The van der Waals surface area contributed by atoms with Crippen molar-refractivity contribution < 1.29 is 14.5 Å². The quantitative estimate of drug-likeness (QED) is 0.360. The van der Waals surface area contributed by atoms with Gasteiger partial charge in [-0.1, -0.05) is 0 Å². The molecule has 1 rings (SSSR count). The minimum absolute atomic E-state index is 0.0703. The Hall–Kier alpha value is -2.13. The first-order valence-electron chi connectivity index (χ1n) is 4.86. The molecule has 0 N–H and O–H groups in total. The van der Waals surface area contributed by atoms with Gasteiger partial charge < -0.3 is 4.74 Å². The monoisotopic (exact) mass is 268 g/mol. The zero-order valence-corrected chi connectivity index (χ0v) is 10.2. The van der Waals surface area contributed by atoms with Gasteiger partial charge in [-0.25, -0.2) is 0 Å². The highest BCUT2D eigenvalue weighted by atomic mass is 35.5. The molecule has 0 atom stereocenters. The SMILES string of the molecule is COC(=O)Cc1cc(CCl)c([N+](=O)[O-])cc1C#N.